The van der Waals surface area contributed by atoms with Crippen LogP contribution < -0.4 is 10.1 Å². The summed E-state index contributed by atoms with van der Waals surface area (Å²) >= 11 is 0. The number of ether oxygens (including phenoxy) is 1. The van der Waals surface area contributed by atoms with Gasteiger partial charge in [-0.05, 0) is 52.2 Å². The Morgan fingerprint density at radius 3 is 2.75 bits per heavy atom. The number of nitrogens with one attached hydrogen (secondary N) is 1. The second-order valence-corrected chi connectivity index (χ2v) is 5.11. The molecule has 0 aliphatic carbocycles. The lowest BCUT2D eigenvalue weighted by atomic mass is 10.3. The number of benzene rings is 1. The van der Waals surface area contributed by atoms with Gasteiger partial charge in [-0.1, -0.05) is 12.1 Å². The number of halogens is 1. The van der Waals surface area contributed by atoms with Crippen molar-refractivity contribution < 1.29 is 14.2 Å². The molecular weight excluding hydrogens is 259 g/mol. The van der Waals surface area contributed by atoms with Gasteiger partial charge in [-0.25, -0.2) is 4.39 Å². The quantitative estimate of drug-likeness (QED) is 0.639. The third-order valence-corrected chi connectivity index (χ3v) is 2.86. The fraction of sp³-hybridized carbons (Fsp3) is 0.600. The highest BCUT2D eigenvalue weighted by Crippen LogP contribution is 2.15. The molecule has 0 saturated carbocycles. The van der Waals surface area contributed by atoms with Crippen molar-refractivity contribution in [2.24, 2.45) is 0 Å². The van der Waals surface area contributed by atoms with Crippen LogP contribution in [0, 0.1) is 5.82 Å². The predicted molar refractivity (Wildman–Crippen MR) is 78.6 cm³/mol. The molecule has 2 N–H and O–H groups in total. The maximum atomic E-state index is 13.3. The molecule has 5 heteroatoms. The summed E-state index contributed by atoms with van der Waals surface area (Å²) in [7, 11) is 4.11. The fourth-order valence-electron chi connectivity index (χ4n) is 1.75. The van der Waals surface area contributed by atoms with Crippen LogP contribution in [0.1, 0.15) is 12.8 Å². The predicted octanol–water partition coefficient (Wildman–Crippen LogP) is 1.50. The van der Waals surface area contributed by atoms with Gasteiger partial charge in [-0.3, -0.25) is 0 Å². The average molecular weight is 284 g/mol. The van der Waals surface area contributed by atoms with Crippen LogP contribution in [-0.4, -0.2) is 56.4 Å². The number of aliphatic hydroxyl groups excluding tert-OH is 1. The summed E-state index contributed by atoms with van der Waals surface area (Å²) in [6, 6.07) is 6.20. The first-order chi connectivity index (χ1) is 9.59. The van der Waals surface area contributed by atoms with Crippen molar-refractivity contribution >= 4 is 0 Å². The molecule has 0 fully saturated rings. The lowest BCUT2D eigenvalue weighted by Gasteiger charge is -2.14. The molecule has 1 unspecified atom stereocenters. The highest BCUT2D eigenvalue weighted by Gasteiger charge is 2.07. The first kappa shape index (κ1) is 16.9. The standard InChI is InChI=1S/C15H25FN2O2/c1-18(2)10-6-5-9-17-11-13(19)12-20-15-8-4-3-7-14(15)16/h3-4,7-8,13,17,19H,5-6,9-12H2,1-2H3. The van der Waals surface area contributed by atoms with Crippen LogP contribution in [0.25, 0.3) is 0 Å². The van der Waals surface area contributed by atoms with E-state index in [2.05, 4.69) is 24.3 Å². The Hall–Kier alpha value is -1.17. The zero-order chi connectivity index (χ0) is 14.8. The minimum absolute atomic E-state index is 0.0889. The van der Waals surface area contributed by atoms with Gasteiger partial charge in [0.2, 0.25) is 0 Å². The maximum Gasteiger partial charge on any atom is 0.165 e. The van der Waals surface area contributed by atoms with Gasteiger partial charge in [0, 0.05) is 6.54 Å². The van der Waals surface area contributed by atoms with Crippen LogP contribution in [0.2, 0.25) is 0 Å². The molecule has 0 heterocycles. The van der Waals surface area contributed by atoms with Gasteiger partial charge >= 0.3 is 0 Å². The Kier molecular flexibility index (Phi) is 8.18. The molecular formula is C15H25FN2O2. The highest BCUT2D eigenvalue weighted by atomic mass is 19.1. The Bertz CT molecular complexity index is 375. The summed E-state index contributed by atoms with van der Waals surface area (Å²) in [6.45, 7) is 2.48. The van der Waals surface area contributed by atoms with Gasteiger partial charge < -0.3 is 20.1 Å². The summed E-state index contributed by atoms with van der Waals surface area (Å²) < 4.78 is 18.5. The van der Waals surface area contributed by atoms with Gasteiger partial charge in [0.25, 0.3) is 0 Å². The molecule has 1 aromatic rings. The smallest absolute Gasteiger partial charge is 0.165 e. The number of hydrogen-bond donors (Lipinski definition) is 2. The number of unbranched alkanes of at least 4 members (excludes halogenated alkanes) is 1. The number of hydrogen-bond acceptors (Lipinski definition) is 4. The van der Waals surface area contributed by atoms with E-state index in [1.54, 1.807) is 18.2 Å². The third kappa shape index (κ3) is 7.43. The number of aliphatic hydroxyl groups is 1. The Morgan fingerprint density at radius 1 is 1.30 bits per heavy atom. The highest BCUT2D eigenvalue weighted by molar-refractivity contribution is 5.23. The van der Waals surface area contributed by atoms with Crippen molar-refractivity contribution in [3.8, 4) is 5.75 Å². The SMILES string of the molecule is CN(C)CCCCNCC(O)COc1ccccc1F. The zero-order valence-corrected chi connectivity index (χ0v) is 12.3. The lowest BCUT2D eigenvalue weighted by Crippen LogP contribution is -2.32. The molecule has 0 spiro atoms. The summed E-state index contributed by atoms with van der Waals surface area (Å²) in [4.78, 5) is 2.15. The Morgan fingerprint density at radius 2 is 2.05 bits per heavy atom. The van der Waals surface area contributed by atoms with E-state index in [9.17, 15) is 9.50 Å². The molecule has 0 radical (unpaired) electrons. The second kappa shape index (κ2) is 9.69. The number of nitrogens with zero attached hydrogens (tertiary/aromatic N) is 1. The first-order valence-electron chi connectivity index (χ1n) is 7.00. The molecule has 0 saturated heterocycles. The molecule has 4 nitrogen and oxygen atoms in total. The topological polar surface area (TPSA) is 44.7 Å². The maximum absolute atomic E-state index is 13.3. The Labute approximate surface area is 120 Å². The monoisotopic (exact) mass is 284 g/mol. The average Bonchev–Trinajstić information content (AvgIpc) is 2.41. The molecule has 0 aliphatic rings. The normalized spacial score (nSPS) is 12.7. The van der Waals surface area contributed by atoms with E-state index in [0.717, 1.165) is 25.9 Å². The van der Waals surface area contributed by atoms with E-state index in [0.29, 0.717) is 6.54 Å². The molecule has 114 valence electrons. The molecule has 0 bridgehead atoms. The minimum Gasteiger partial charge on any atom is -0.488 e. The molecule has 0 aromatic heterocycles. The van der Waals surface area contributed by atoms with E-state index < -0.39 is 11.9 Å². The van der Waals surface area contributed by atoms with Gasteiger partial charge in [-0.2, -0.15) is 0 Å². The van der Waals surface area contributed by atoms with Crippen LogP contribution in [0.3, 0.4) is 0 Å². The molecule has 1 rings (SSSR count). The minimum atomic E-state index is -0.636. The number of para-hydroxylation sites is 1. The first-order valence-corrected chi connectivity index (χ1v) is 7.00. The second-order valence-electron chi connectivity index (χ2n) is 5.11. The van der Waals surface area contributed by atoms with Gasteiger partial charge in [0.05, 0.1) is 0 Å². The molecule has 1 atom stereocenters. The van der Waals surface area contributed by atoms with Gasteiger partial charge in [0.1, 0.15) is 12.7 Å². The van der Waals surface area contributed by atoms with E-state index in [1.165, 1.54) is 6.07 Å². The zero-order valence-electron chi connectivity index (χ0n) is 12.3. The van der Waals surface area contributed by atoms with Crippen molar-refractivity contribution in [3.63, 3.8) is 0 Å². The molecule has 0 amide bonds. The number of rotatable bonds is 10. The van der Waals surface area contributed by atoms with E-state index in [4.69, 9.17) is 4.74 Å². The van der Waals surface area contributed by atoms with Crippen LogP contribution in [0.4, 0.5) is 4.39 Å². The largest absolute Gasteiger partial charge is 0.488 e. The summed E-state index contributed by atoms with van der Waals surface area (Å²) in [6.07, 6.45) is 1.56. The summed E-state index contributed by atoms with van der Waals surface area (Å²) in [5, 5.41) is 12.9. The molecule has 1 aromatic carbocycles. The van der Waals surface area contributed by atoms with Crippen LogP contribution in [0.15, 0.2) is 24.3 Å². The van der Waals surface area contributed by atoms with Crippen molar-refractivity contribution in [2.45, 2.75) is 18.9 Å². The molecule has 20 heavy (non-hydrogen) atoms. The summed E-state index contributed by atoms with van der Waals surface area (Å²) in [5.41, 5.74) is 0. The van der Waals surface area contributed by atoms with Crippen LogP contribution >= 0.6 is 0 Å². The van der Waals surface area contributed by atoms with Crippen LogP contribution in [0.5, 0.6) is 5.75 Å². The molecule has 0 aliphatic heterocycles. The summed E-state index contributed by atoms with van der Waals surface area (Å²) in [5.74, 6) is -0.228. The van der Waals surface area contributed by atoms with Gasteiger partial charge in [-0.15, -0.1) is 0 Å². The fourth-order valence-corrected chi connectivity index (χ4v) is 1.75. The third-order valence-electron chi connectivity index (χ3n) is 2.86. The van der Waals surface area contributed by atoms with Crippen molar-refractivity contribution in [2.75, 3.05) is 40.3 Å². The van der Waals surface area contributed by atoms with Crippen molar-refractivity contribution in [3.05, 3.63) is 30.1 Å². The van der Waals surface area contributed by atoms with E-state index in [1.807, 2.05) is 0 Å². The lowest BCUT2D eigenvalue weighted by molar-refractivity contribution is 0.104. The van der Waals surface area contributed by atoms with Crippen molar-refractivity contribution in [1.29, 1.82) is 0 Å². The van der Waals surface area contributed by atoms with E-state index in [-0.39, 0.29) is 12.4 Å². The van der Waals surface area contributed by atoms with E-state index >= 15 is 0 Å². The van der Waals surface area contributed by atoms with Gasteiger partial charge in [0.15, 0.2) is 11.6 Å². The Balaban J connectivity index is 2.06. The van der Waals surface area contributed by atoms with Crippen molar-refractivity contribution in [1.82, 2.24) is 10.2 Å². The van der Waals surface area contributed by atoms with Crippen LogP contribution in [-0.2, 0) is 0 Å².